The van der Waals surface area contributed by atoms with Crippen molar-refractivity contribution >= 4 is 5.91 Å². The number of oxazole rings is 1. The molecule has 3 aromatic rings. The van der Waals surface area contributed by atoms with E-state index in [-0.39, 0.29) is 24.3 Å². The summed E-state index contributed by atoms with van der Waals surface area (Å²) >= 11 is 0. The van der Waals surface area contributed by atoms with Gasteiger partial charge in [-0.05, 0) is 37.9 Å². The first kappa shape index (κ1) is 21.2. The molecule has 5 nitrogen and oxygen atoms in total. The Morgan fingerprint density at radius 3 is 2.74 bits per heavy atom. The Bertz CT molecular complexity index is 1000. The van der Waals surface area contributed by atoms with Crippen molar-refractivity contribution in [3.8, 4) is 0 Å². The lowest BCUT2D eigenvalue weighted by molar-refractivity contribution is -0.136. The smallest absolute Gasteiger partial charge is 0.237 e. The largest absolute Gasteiger partial charge is 0.443 e. The molecule has 0 saturated carbocycles. The minimum atomic E-state index is -0.247. The number of hydrogen-bond donors (Lipinski definition) is 0. The second-order valence-corrected chi connectivity index (χ2v) is 8.19. The van der Waals surface area contributed by atoms with Gasteiger partial charge in [-0.15, -0.1) is 0 Å². The van der Waals surface area contributed by atoms with Gasteiger partial charge in [-0.25, -0.2) is 9.37 Å². The first-order chi connectivity index (χ1) is 15.1. The highest BCUT2D eigenvalue weighted by Gasteiger charge is 2.31. The number of likely N-dealkylation sites (N-methyl/N-ethyl adjacent to an activating group) is 1. The molecule has 1 amide bonds. The Balaban J connectivity index is 1.41. The van der Waals surface area contributed by atoms with Gasteiger partial charge in [0.05, 0.1) is 12.7 Å². The molecule has 1 saturated heterocycles. The van der Waals surface area contributed by atoms with Crippen molar-refractivity contribution in [3.63, 3.8) is 0 Å². The Kier molecular flexibility index (Phi) is 6.77. The molecule has 4 rings (SSSR count). The quantitative estimate of drug-likeness (QED) is 0.560. The zero-order chi connectivity index (χ0) is 21.6. The highest BCUT2D eigenvalue weighted by Crippen LogP contribution is 2.31. The van der Waals surface area contributed by atoms with E-state index < -0.39 is 0 Å². The molecule has 162 valence electrons. The summed E-state index contributed by atoms with van der Waals surface area (Å²) in [4.78, 5) is 21.3. The predicted octanol–water partition coefficient (Wildman–Crippen LogP) is 4.59. The molecule has 1 fully saturated rings. The minimum absolute atomic E-state index is 0.0198. The normalized spacial score (nSPS) is 16.6. The summed E-state index contributed by atoms with van der Waals surface area (Å²) in [6, 6.07) is 16.7. The number of halogens is 1. The van der Waals surface area contributed by atoms with Crippen LogP contribution in [-0.2, 0) is 17.8 Å². The van der Waals surface area contributed by atoms with E-state index in [0.717, 1.165) is 30.6 Å². The molecule has 2 heterocycles. The number of benzene rings is 2. The van der Waals surface area contributed by atoms with Gasteiger partial charge in [0.2, 0.25) is 11.8 Å². The van der Waals surface area contributed by atoms with Gasteiger partial charge in [0.1, 0.15) is 17.6 Å². The number of carbonyl (C=O) groups excluding carboxylic acids is 1. The molecule has 0 bridgehead atoms. The fourth-order valence-electron chi connectivity index (χ4n) is 4.14. The lowest BCUT2D eigenvalue weighted by Gasteiger charge is -2.35. The van der Waals surface area contributed by atoms with Crippen LogP contribution in [0.5, 0.6) is 0 Å². The first-order valence-corrected chi connectivity index (χ1v) is 10.8. The molecule has 6 heteroatoms. The highest BCUT2D eigenvalue weighted by molar-refractivity contribution is 5.78. The van der Waals surface area contributed by atoms with Crippen LogP contribution in [0.3, 0.4) is 0 Å². The van der Waals surface area contributed by atoms with Crippen LogP contribution in [0.1, 0.15) is 48.1 Å². The van der Waals surface area contributed by atoms with Crippen LogP contribution >= 0.6 is 0 Å². The SMILES string of the molecule is CN(CC(=O)N1CCCCC1c1ncc(Cc2ccccc2)o1)Cc1ccccc1F. The fourth-order valence-corrected chi connectivity index (χ4v) is 4.14. The summed E-state index contributed by atoms with van der Waals surface area (Å²) < 4.78 is 20.0. The van der Waals surface area contributed by atoms with Gasteiger partial charge >= 0.3 is 0 Å². The van der Waals surface area contributed by atoms with Gasteiger partial charge in [-0.2, -0.15) is 0 Å². The van der Waals surface area contributed by atoms with Gasteiger partial charge in [-0.3, -0.25) is 9.69 Å². The number of nitrogens with zero attached hydrogens (tertiary/aromatic N) is 3. The molecule has 0 N–H and O–H groups in total. The van der Waals surface area contributed by atoms with E-state index >= 15 is 0 Å². The molecular formula is C25H28FN3O2. The van der Waals surface area contributed by atoms with Crippen molar-refractivity contribution < 1.29 is 13.6 Å². The van der Waals surface area contributed by atoms with E-state index in [1.54, 1.807) is 18.3 Å². The number of piperidine rings is 1. The van der Waals surface area contributed by atoms with Crippen LogP contribution in [0.4, 0.5) is 4.39 Å². The van der Waals surface area contributed by atoms with Crippen LogP contribution in [0.25, 0.3) is 0 Å². The molecule has 0 aliphatic carbocycles. The van der Waals surface area contributed by atoms with Crippen LogP contribution < -0.4 is 0 Å². The third-order valence-corrected chi connectivity index (χ3v) is 5.70. The number of amides is 1. The average molecular weight is 422 g/mol. The second-order valence-electron chi connectivity index (χ2n) is 8.19. The zero-order valence-corrected chi connectivity index (χ0v) is 17.8. The number of likely N-dealkylation sites (tertiary alicyclic amines) is 1. The molecule has 1 atom stereocenters. The molecule has 2 aromatic carbocycles. The first-order valence-electron chi connectivity index (χ1n) is 10.8. The standard InChI is InChI=1S/C25H28FN3O2/c1-28(17-20-11-5-6-12-22(20)26)18-24(30)29-14-8-7-13-23(29)25-27-16-21(31-25)15-19-9-3-2-4-10-19/h2-6,9-12,16,23H,7-8,13-15,17-18H2,1H3. The van der Waals surface area contributed by atoms with Crippen molar-refractivity contribution in [2.75, 3.05) is 20.1 Å². The van der Waals surface area contributed by atoms with E-state index in [9.17, 15) is 9.18 Å². The lowest BCUT2D eigenvalue weighted by Crippen LogP contribution is -2.43. The minimum Gasteiger partial charge on any atom is -0.443 e. The van der Waals surface area contributed by atoms with Gasteiger partial charge in [0, 0.05) is 25.1 Å². The van der Waals surface area contributed by atoms with Gasteiger partial charge in [-0.1, -0.05) is 48.5 Å². The maximum absolute atomic E-state index is 13.9. The van der Waals surface area contributed by atoms with Crippen LogP contribution in [-0.4, -0.2) is 40.8 Å². The number of aromatic nitrogens is 1. The average Bonchev–Trinajstić information content (AvgIpc) is 3.24. The maximum Gasteiger partial charge on any atom is 0.237 e. The molecule has 31 heavy (non-hydrogen) atoms. The third kappa shape index (κ3) is 5.39. The highest BCUT2D eigenvalue weighted by atomic mass is 19.1. The topological polar surface area (TPSA) is 49.6 Å². The fraction of sp³-hybridized carbons (Fsp3) is 0.360. The predicted molar refractivity (Wildman–Crippen MR) is 117 cm³/mol. The van der Waals surface area contributed by atoms with Crippen molar-refractivity contribution in [1.29, 1.82) is 0 Å². The van der Waals surface area contributed by atoms with Crippen molar-refractivity contribution in [1.82, 2.24) is 14.8 Å². The van der Waals surface area contributed by atoms with E-state index in [0.29, 0.717) is 31.0 Å². The summed E-state index contributed by atoms with van der Waals surface area (Å²) in [5.74, 6) is 1.18. The second kappa shape index (κ2) is 9.88. The summed E-state index contributed by atoms with van der Waals surface area (Å²) in [5, 5.41) is 0. The maximum atomic E-state index is 13.9. The molecular weight excluding hydrogens is 393 g/mol. The number of carbonyl (C=O) groups is 1. The molecule has 1 aromatic heterocycles. The summed E-state index contributed by atoms with van der Waals surface area (Å²) in [7, 11) is 1.84. The third-order valence-electron chi connectivity index (χ3n) is 5.70. The summed E-state index contributed by atoms with van der Waals surface area (Å²) in [6.45, 7) is 1.30. The van der Waals surface area contributed by atoms with E-state index in [4.69, 9.17) is 4.42 Å². The Hall–Kier alpha value is -2.99. The molecule has 1 aliphatic rings. The lowest BCUT2D eigenvalue weighted by atomic mass is 10.0. The van der Waals surface area contributed by atoms with Crippen molar-refractivity contribution in [3.05, 3.63) is 89.4 Å². The van der Waals surface area contributed by atoms with Crippen LogP contribution in [0, 0.1) is 5.82 Å². The Labute approximate surface area is 182 Å². The number of rotatable bonds is 7. The monoisotopic (exact) mass is 421 g/mol. The molecule has 0 radical (unpaired) electrons. The van der Waals surface area contributed by atoms with E-state index in [1.165, 1.54) is 6.07 Å². The summed E-state index contributed by atoms with van der Waals surface area (Å²) in [6.07, 6.45) is 5.30. The zero-order valence-electron chi connectivity index (χ0n) is 17.8. The Morgan fingerprint density at radius 2 is 1.94 bits per heavy atom. The van der Waals surface area contributed by atoms with E-state index in [2.05, 4.69) is 17.1 Å². The van der Waals surface area contributed by atoms with Crippen molar-refractivity contribution in [2.45, 2.75) is 38.3 Å². The molecule has 0 spiro atoms. The van der Waals surface area contributed by atoms with Crippen LogP contribution in [0.2, 0.25) is 0 Å². The van der Waals surface area contributed by atoms with Crippen molar-refractivity contribution in [2.24, 2.45) is 0 Å². The van der Waals surface area contributed by atoms with Gasteiger partial charge < -0.3 is 9.32 Å². The van der Waals surface area contributed by atoms with E-state index in [1.807, 2.05) is 41.1 Å². The van der Waals surface area contributed by atoms with Crippen LogP contribution in [0.15, 0.2) is 65.2 Å². The number of hydrogen-bond acceptors (Lipinski definition) is 4. The van der Waals surface area contributed by atoms with Gasteiger partial charge in [0.25, 0.3) is 0 Å². The summed E-state index contributed by atoms with van der Waals surface area (Å²) in [5.41, 5.74) is 1.75. The van der Waals surface area contributed by atoms with Gasteiger partial charge in [0.15, 0.2) is 0 Å². The molecule has 1 unspecified atom stereocenters. The molecule has 1 aliphatic heterocycles. The Morgan fingerprint density at radius 1 is 1.16 bits per heavy atom.